The van der Waals surface area contributed by atoms with E-state index in [0.29, 0.717) is 17.1 Å². The maximum Gasteiger partial charge on any atom is 0.277 e. The first kappa shape index (κ1) is 18.0. The van der Waals surface area contributed by atoms with Gasteiger partial charge in [0.1, 0.15) is 17.6 Å². The smallest absolute Gasteiger partial charge is 0.277 e. The molecule has 1 N–H and O–H groups in total. The Morgan fingerprint density at radius 3 is 2.70 bits per heavy atom. The van der Waals surface area contributed by atoms with E-state index >= 15 is 0 Å². The van der Waals surface area contributed by atoms with Gasteiger partial charge >= 0.3 is 0 Å². The second-order valence-electron chi connectivity index (χ2n) is 5.59. The maximum absolute atomic E-state index is 12.0. The van der Waals surface area contributed by atoms with Gasteiger partial charge in [-0.05, 0) is 29.0 Å². The fraction of sp³-hybridized carbons (Fsp3) is 0.0952. The van der Waals surface area contributed by atoms with Gasteiger partial charge < -0.3 is 9.47 Å². The van der Waals surface area contributed by atoms with Crippen molar-refractivity contribution in [1.29, 1.82) is 5.26 Å². The number of nitriles is 1. The second kappa shape index (κ2) is 8.50. The number of carbonyl (C=O) groups excluding carboxylic acids is 1. The van der Waals surface area contributed by atoms with Gasteiger partial charge in [0, 0.05) is 5.56 Å². The van der Waals surface area contributed by atoms with E-state index in [1.54, 1.807) is 37.6 Å². The summed E-state index contributed by atoms with van der Waals surface area (Å²) in [7, 11) is 1.58. The van der Waals surface area contributed by atoms with Crippen LogP contribution in [0.1, 0.15) is 11.1 Å². The molecule has 0 radical (unpaired) electrons. The predicted molar refractivity (Wildman–Crippen MR) is 103 cm³/mol. The summed E-state index contributed by atoms with van der Waals surface area (Å²) >= 11 is 0. The van der Waals surface area contributed by atoms with Crippen molar-refractivity contribution in [3.05, 3.63) is 71.8 Å². The van der Waals surface area contributed by atoms with Gasteiger partial charge in [-0.3, -0.25) is 4.79 Å². The molecule has 3 rings (SSSR count). The number of rotatable bonds is 6. The lowest BCUT2D eigenvalue weighted by atomic mass is 10.0. The molecule has 0 bridgehead atoms. The zero-order valence-corrected chi connectivity index (χ0v) is 14.7. The number of nitrogens with zero attached hydrogens (tertiary/aromatic N) is 2. The number of hydrogen-bond donors (Lipinski definition) is 1. The summed E-state index contributed by atoms with van der Waals surface area (Å²) in [6, 6.07) is 20.4. The van der Waals surface area contributed by atoms with Crippen LogP contribution in [0.2, 0.25) is 0 Å². The Kier molecular flexibility index (Phi) is 5.65. The molecular weight excluding hydrogens is 342 g/mol. The molecule has 0 saturated heterocycles. The number of ether oxygens (including phenoxy) is 2. The molecule has 6 nitrogen and oxygen atoms in total. The van der Waals surface area contributed by atoms with E-state index in [-0.39, 0.29) is 6.61 Å². The van der Waals surface area contributed by atoms with Gasteiger partial charge in [-0.15, -0.1) is 0 Å². The average molecular weight is 359 g/mol. The molecule has 134 valence electrons. The quantitative estimate of drug-likeness (QED) is 0.541. The standard InChI is InChI=1S/C21H17N3O3/c1-26-20-11-10-15-6-2-4-8-17(15)18(20)13-23-24-21(25)14-27-19-9-5-3-7-16(19)12-22/h2-11,13H,14H2,1H3,(H,24,25)/b23-13+. The minimum atomic E-state index is -0.432. The normalized spacial score (nSPS) is 10.5. The van der Waals surface area contributed by atoms with Crippen molar-refractivity contribution in [3.8, 4) is 17.6 Å². The lowest BCUT2D eigenvalue weighted by Gasteiger charge is -2.08. The minimum Gasteiger partial charge on any atom is -0.496 e. The van der Waals surface area contributed by atoms with Crippen LogP contribution >= 0.6 is 0 Å². The predicted octanol–water partition coefficient (Wildman–Crippen LogP) is 3.25. The molecule has 27 heavy (non-hydrogen) atoms. The van der Waals surface area contributed by atoms with Crippen molar-refractivity contribution in [2.45, 2.75) is 0 Å². The van der Waals surface area contributed by atoms with E-state index in [1.165, 1.54) is 0 Å². The summed E-state index contributed by atoms with van der Waals surface area (Å²) in [6.45, 7) is -0.247. The van der Waals surface area contributed by atoms with E-state index in [1.807, 2.05) is 42.5 Å². The monoisotopic (exact) mass is 359 g/mol. The Balaban J connectivity index is 1.68. The molecule has 0 aromatic heterocycles. The van der Waals surface area contributed by atoms with Crippen LogP contribution in [0, 0.1) is 11.3 Å². The Morgan fingerprint density at radius 1 is 1.11 bits per heavy atom. The van der Waals surface area contributed by atoms with E-state index in [0.717, 1.165) is 16.3 Å². The summed E-state index contributed by atoms with van der Waals surface area (Å²) in [4.78, 5) is 12.0. The first-order chi connectivity index (χ1) is 13.2. The van der Waals surface area contributed by atoms with Crippen molar-refractivity contribution < 1.29 is 14.3 Å². The number of methoxy groups -OCH3 is 1. The molecule has 0 aliphatic heterocycles. The van der Waals surface area contributed by atoms with Crippen LogP contribution in [0.4, 0.5) is 0 Å². The van der Waals surface area contributed by atoms with Crippen LogP contribution in [0.5, 0.6) is 11.5 Å². The molecule has 0 aliphatic carbocycles. The second-order valence-corrected chi connectivity index (χ2v) is 5.59. The Morgan fingerprint density at radius 2 is 1.89 bits per heavy atom. The summed E-state index contributed by atoms with van der Waals surface area (Å²) in [6.07, 6.45) is 1.54. The molecule has 0 unspecified atom stereocenters. The fourth-order valence-corrected chi connectivity index (χ4v) is 2.62. The summed E-state index contributed by atoms with van der Waals surface area (Å²) in [5.74, 6) is 0.582. The van der Waals surface area contributed by atoms with Crippen LogP contribution in [0.25, 0.3) is 10.8 Å². The number of fused-ring (bicyclic) bond motifs is 1. The fourth-order valence-electron chi connectivity index (χ4n) is 2.62. The lowest BCUT2D eigenvalue weighted by molar-refractivity contribution is -0.123. The summed E-state index contributed by atoms with van der Waals surface area (Å²) < 4.78 is 10.8. The van der Waals surface area contributed by atoms with Crippen LogP contribution in [-0.2, 0) is 4.79 Å². The average Bonchev–Trinajstić information content (AvgIpc) is 2.72. The van der Waals surface area contributed by atoms with Gasteiger partial charge in [-0.25, -0.2) is 5.43 Å². The molecule has 0 fully saturated rings. The number of hydrogen-bond acceptors (Lipinski definition) is 5. The third-order valence-corrected chi connectivity index (χ3v) is 3.90. The number of amides is 1. The van der Waals surface area contributed by atoms with Crippen molar-refractivity contribution >= 4 is 22.9 Å². The number of para-hydroxylation sites is 1. The molecular formula is C21H17N3O3. The first-order valence-corrected chi connectivity index (χ1v) is 8.22. The molecule has 0 heterocycles. The van der Waals surface area contributed by atoms with Crippen LogP contribution in [0.15, 0.2) is 65.8 Å². The summed E-state index contributed by atoms with van der Waals surface area (Å²) in [5, 5.41) is 15.0. The van der Waals surface area contributed by atoms with Gasteiger partial charge in [-0.2, -0.15) is 10.4 Å². The molecule has 0 saturated carbocycles. The maximum atomic E-state index is 12.0. The zero-order chi connectivity index (χ0) is 19.1. The molecule has 3 aromatic carbocycles. The molecule has 0 atom stereocenters. The highest BCUT2D eigenvalue weighted by molar-refractivity contribution is 6.02. The van der Waals surface area contributed by atoms with Crippen molar-refractivity contribution in [2.75, 3.05) is 13.7 Å². The van der Waals surface area contributed by atoms with E-state index in [4.69, 9.17) is 14.7 Å². The minimum absolute atomic E-state index is 0.247. The number of carbonyl (C=O) groups is 1. The Bertz CT molecular complexity index is 1040. The van der Waals surface area contributed by atoms with Gasteiger partial charge in [0.05, 0.1) is 18.9 Å². The molecule has 3 aromatic rings. The number of hydrazone groups is 1. The third kappa shape index (κ3) is 4.22. The van der Waals surface area contributed by atoms with Crippen molar-refractivity contribution in [1.82, 2.24) is 5.43 Å². The van der Waals surface area contributed by atoms with E-state index in [9.17, 15) is 4.79 Å². The molecule has 1 amide bonds. The van der Waals surface area contributed by atoms with Crippen LogP contribution in [-0.4, -0.2) is 25.8 Å². The highest BCUT2D eigenvalue weighted by atomic mass is 16.5. The van der Waals surface area contributed by atoms with Gasteiger partial charge in [-0.1, -0.05) is 42.5 Å². The molecule has 0 aliphatic rings. The van der Waals surface area contributed by atoms with E-state index in [2.05, 4.69) is 10.5 Å². The molecule has 6 heteroatoms. The van der Waals surface area contributed by atoms with Crippen molar-refractivity contribution in [3.63, 3.8) is 0 Å². The first-order valence-electron chi connectivity index (χ1n) is 8.22. The number of benzene rings is 3. The number of nitrogens with one attached hydrogen (secondary N) is 1. The van der Waals surface area contributed by atoms with E-state index < -0.39 is 5.91 Å². The molecule has 0 spiro atoms. The summed E-state index contributed by atoms with van der Waals surface area (Å²) in [5.41, 5.74) is 3.56. The van der Waals surface area contributed by atoms with Crippen LogP contribution in [0.3, 0.4) is 0 Å². The van der Waals surface area contributed by atoms with Crippen LogP contribution < -0.4 is 14.9 Å². The highest BCUT2D eigenvalue weighted by Crippen LogP contribution is 2.26. The third-order valence-electron chi connectivity index (χ3n) is 3.90. The van der Waals surface area contributed by atoms with Gasteiger partial charge in [0.2, 0.25) is 0 Å². The van der Waals surface area contributed by atoms with Crippen molar-refractivity contribution in [2.24, 2.45) is 5.10 Å². The SMILES string of the molecule is COc1ccc2ccccc2c1/C=N/NC(=O)COc1ccccc1C#N. The largest absolute Gasteiger partial charge is 0.496 e. The Hall–Kier alpha value is -3.85. The van der Waals surface area contributed by atoms with Gasteiger partial charge in [0.15, 0.2) is 6.61 Å². The highest BCUT2D eigenvalue weighted by Gasteiger charge is 2.07. The Labute approximate surface area is 156 Å². The lowest BCUT2D eigenvalue weighted by Crippen LogP contribution is -2.24. The zero-order valence-electron chi connectivity index (χ0n) is 14.7. The van der Waals surface area contributed by atoms with Gasteiger partial charge in [0.25, 0.3) is 5.91 Å². The topological polar surface area (TPSA) is 83.7 Å².